The van der Waals surface area contributed by atoms with E-state index in [0.717, 1.165) is 36.4 Å². The summed E-state index contributed by atoms with van der Waals surface area (Å²) in [7, 11) is -7.17. The van der Waals surface area contributed by atoms with Gasteiger partial charge in [0.25, 0.3) is 0 Å². The molecule has 40 heavy (non-hydrogen) atoms. The van der Waals surface area contributed by atoms with Gasteiger partial charge in [-0.25, -0.2) is 0 Å². The van der Waals surface area contributed by atoms with E-state index < -0.39 is 76.4 Å². The van der Waals surface area contributed by atoms with Crippen molar-refractivity contribution >= 4 is 17.7 Å². The first-order valence-electron chi connectivity index (χ1n) is 11.7. The third-order valence-corrected chi connectivity index (χ3v) is 11.5. The first-order valence-corrected chi connectivity index (χ1v) is 13.2. The van der Waals surface area contributed by atoms with Gasteiger partial charge >= 0.3 is 218 Å². The van der Waals surface area contributed by atoms with Crippen LogP contribution in [0.4, 0.5) is 52.7 Å². The Hall–Kier alpha value is -2.83. The molecule has 5 rings (SSSR count). The number of halogens is 12. The number of benzene rings is 3. The van der Waals surface area contributed by atoms with Crippen LogP contribution in [0.3, 0.4) is 0 Å². The normalized spacial score (nSPS) is 23.0. The molecule has 216 valence electrons. The van der Waals surface area contributed by atoms with E-state index in [2.05, 4.69) is 0 Å². The molecule has 2 aliphatic rings. The van der Waals surface area contributed by atoms with Gasteiger partial charge in [0.2, 0.25) is 0 Å². The van der Waals surface area contributed by atoms with Crippen molar-refractivity contribution in [1.29, 1.82) is 0 Å². The van der Waals surface area contributed by atoms with Crippen LogP contribution in [0.2, 0.25) is 0 Å². The van der Waals surface area contributed by atoms with E-state index in [1.54, 1.807) is 0 Å². The molecule has 1 spiro atoms. The van der Waals surface area contributed by atoms with E-state index in [9.17, 15) is 52.7 Å². The molecular weight excluding hydrogens is 591 g/mol. The second kappa shape index (κ2) is 8.13. The van der Waals surface area contributed by atoms with Gasteiger partial charge in [0.15, 0.2) is 0 Å². The zero-order valence-electron chi connectivity index (χ0n) is 20.4. The molecule has 0 amide bonds. The predicted octanol–water partition coefficient (Wildman–Crippen LogP) is 7.92. The molecule has 2 nitrogen and oxygen atoms in total. The Kier molecular flexibility index (Phi) is 5.56. The number of rotatable bonds is 2. The van der Waals surface area contributed by atoms with Gasteiger partial charge in [-0.2, -0.15) is 0 Å². The van der Waals surface area contributed by atoms with Crippen molar-refractivity contribution in [2.45, 2.75) is 42.0 Å². The van der Waals surface area contributed by atoms with Crippen LogP contribution in [0.1, 0.15) is 18.1 Å². The van der Waals surface area contributed by atoms with Gasteiger partial charge in [-0.3, -0.25) is 0 Å². The summed E-state index contributed by atoms with van der Waals surface area (Å²) in [6, 6.07) is 10.1. The topological polar surface area (TPSA) is 18.5 Å². The Balaban J connectivity index is 2.09. The van der Waals surface area contributed by atoms with Crippen molar-refractivity contribution < 1.29 is 63.1 Å². The molecule has 0 aromatic heterocycles. The van der Waals surface area contributed by atoms with Crippen LogP contribution in [0.5, 0.6) is 0 Å². The zero-order valence-corrected chi connectivity index (χ0v) is 20.3. The van der Waals surface area contributed by atoms with E-state index in [1.807, 2.05) is 0 Å². The maximum atomic E-state index is 14.7. The van der Waals surface area contributed by atoms with Crippen molar-refractivity contribution in [3.63, 3.8) is 0 Å². The van der Waals surface area contributed by atoms with Crippen LogP contribution in [-0.2, 0) is 26.4 Å². The number of hydrogen-bond donors (Lipinski definition) is 0. The monoisotopic (exact) mass is 607 g/mol. The molecule has 2 aliphatic heterocycles. The molecule has 15 heteroatoms. The summed E-state index contributed by atoms with van der Waals surface area (Å²) < 4.78 is 195. The fourth-order valence-electron chi connectivity index (χ4n) is 5.41. The van der Waals surface area contributed by atoms with Crippen LogP contribution in [0.15, 0.2) is 78.9 Å². The quantitative estimate of drug-likeness (QED) is 0.218. The number of alkyl halides is 12. The fourth-order valence-corrected chi connectivity index (χ4v) is 11.0. The first-order chi connectivity index (χ1) is 18.7. The summed E-state index contributed by atoms with van der Waals surface area (Å²) in [5.74, 6) is 0. The van der Waals surface area contributed by atoms with Crippen molar-refractivity contribution in [3.05, 3.63) is 95.6 Å². The second-order valence-electron chi connectivity index (χ2n) is 9.13. The second-order valence-corrected chi connectivity index (χ2v) is 12.8. The van der Waals surface area contributed by atoms with Gasteiger partial charge in [-0.05, 0) is 0 Å². The first kappa shape index (κ1) is 27.3. The average molecular weight is 607 g/mol. The number of fused-ring (bicyclic) bond motifs is 4. The van der Waals surface area contributed by atoms with Gasteiger partial charge in [0.1, 0.15) is 0 Å². The van der Waals surface area contributed by atoms with Crippen LogP contribution in [-0.4, -0.2) is 24.7 Å². The predicted molar refractivity (Wildman–Crippen MR) is 119 cm³/mol. The van der Waals surface area contributed by atoms with Gasteiger partial charge in [0.05, 0.1) is 0 Å². The Bertz CT molecular complexity index is 1380. The Labute approximate surface area is 219 Å². The summed E-state index contributed by atoms with van der Waals surface area (Å²) in [5, 5.41) is -2.72. The summed E-state index contributed by atoms with van der Waals surface area (Å²) in [6.07, 6.45) is -28.7. The van der Waals surface area contributed by atoms with E-state index in [-0.39, 0.29) is 12.1 Å². The molecule has 0 radical (unpaired) electrons. The van der Waals surface area contributed by atoms with Crippen molar-refractivity contribution in [2.24, 2.45) is 0 Å². The van der Waals surface area contributed by atoms with Crippen LogP contribution < -0.4 is 10.6 Å². The third kappa shape index (κ3) is 3.32. The molecule has 1 atom stereocenters. The van der Waals surface area contributed by atoms with E-state index >= 15 is 0 Å². The van der Waals surface area contributed by atoms with Crippen LogP contribution in [0.25, 0.3) is 0 Å². The summed E-state index contributed by atoms with van der Waals surface area (Å²) in [4.78, 5) is 0. The average Bonchev–Trinajstić information content (AvgIpc) is 3.33. The molecule has 3 aromatic rings. The molecule has 0 N–H and O–H groups in total. The SMILES string of the molecule is [2H]C(c1ccccc1)P12(OC(C(F)(F)F)(C(F)(F)F)c3ccccc31)OC(C(F)(F)F)(C(F)(F)F)c1ccccc12. The molecule has 0 saturated carbocycles. The molecule has 0 saturated heterocycles. The van der Waals surface area contributed by atoms with E-state index in [1.165, 1.54) is 6.07 Å². The standard InChI is InChI=1S/C25H15F12O2P/c26-22(27,28)20(23(29,30)31)16-10-4-6-12-18(16)40(38-20,14-15-8-2-1-3-9-15)19-13-7-5-11-17(19)21(39-40,24(32,33)34)25(35,36)37/h1-13H,14H2/i14D. The van der Waals surface area contributed by atoms with Crippen molar-refractivity contribution in [2.75, 3.05) is 0 Å². The minimum absolute atomic E-state index is 0.253. The summed E-state index contributed by atoms with van der Waals surface area (Å²) in [5.41, 5.74) is -15.1. The van der Waals surface area contributed by atoms with Crippen molar-refractivity contribution in [3.8, 4) is 0 Å². The van der Waals surface area contributed by atoms with E-state index in [4.69, 9.17) is 10.4 Å². The Morgan fingerprint density at radius 3 is 1.20 bits per heavy atom. The third-order valence-electron chi connectivity index (χ3n) is 6.90. The molecule has 2 heterocycles. The number of hydrogen-bond acceptors (Lipinski definition) is 2. The molecule has 0 aliphatic carbocycles. The van der Waals surface area contributed by atoms with Crippen LogP contribution in [0, 0.1) is 0 Å². The zero-order chi connectivity index (χ0) is 30.5. The van der Waals surface area contributed by atoms with Gasteiger partial charge in [-0.15, -0.1) is 0 Å². The maximum absolute atomic E-state index is 14.7. The van der Waals surface area contributed by atoms with Crippen molar-refractivity contribution in [1.82, 2.24) is 0 Å². The Morgan fingerprint density at radius 2 is 0.850 bits per heavy atom. The van der Waals surface area contributed by atoms with Gasteiger partial charge in [0, 0.05) is 0 Å². The molecule has 0 bridgehead atoms. The summed E-state index contributed by atoms with van der Waals surface area (Å²) >= 11 is 0. The molecular formula is C25H15F12O2P. The van der Waals surface area contributed by atoms with Gasteiger partial charge in [-0.1, -0.05) is 0 Å². The van der Waals surface area contributed by atoms with Gasteiger partial charge < -0.3 is 0 Å². The molecule has 3 aromatic carbocycles. The van der Waals surface area contributed by atoms with E-state index in [0.29, 0.717) is 24.3 Å². The Morgan fingerprint density at radius 1 is 0.525 bits per heavy atom. The molecule has 0 fully saturated rings. The minimum atomic E-state index is -7.17. The summed E-state index contributed by atoms with van der Waals surface area (Å²) in [6.45, 7) is 0. The fraction of sp³-hybridized carbons (Fsp3) is 0.280. The molecule has 1 unspecified atom stereocenters. The van der Waals surface area contributed by atoms with Crippen LogP contribution >= 0.6 is 7.06 Å².